The third-order valence-corrected chi connectivity index (χ3v) is 8.29. The Morgan fingerprint density at radius 3 is 2.39 bits per heavy atom. The number of amides is 1. The van der Waals surface area contributed by atoms with Crippen LogP contribution >= 0.6 is 0 Å². The second-order valence-electron chi connectivity index (χ2n) is 10.4. The summed E-state index contributed by atoms with van der Waals surface area (Å²) in [6, 6.07) is 8.40. The van der Waals surface area contributed by atoms with Gasteiger partial charge in [-0.1, -0.05) is 18.2 Å². The number of nitrogens with zero attached hydrogens (tertiary/aromatic N) is 6. The number of likely N-dealkylation sites (N-methyl/N-ethyl adjacent to an activating group) is 1. The van der Waals surface area contributed by atoms with Gasteiger partial charge in [-0.2, -0.15) is 0 Å². The Labute approximate surface area is 211 Å². The molecule has 2 aliphatic rings. The van der Waals surface area contributed by atoms with Gasteiger partial charge in [-0.15, -0.1) is 5.10 Å². The van der Waals surface area contributed by atoms with Crippen LogP contribution in [0.5, 0.6) is 0 Å². The summed E-state index contributed by atoms with van der Waals surface area (Å²) in [6.07, 6.45) is 2.16. The van der Waals surface area contributed by atoms with Gasteiger partial charge in [0.15, 0.2) is 16.4 Å². The van der Waals surface area contributed by atoms with E-state index in [0.717, 1.165) is 30.8 Å². The molecule has 1 fully saturated rings. The minimum absolute atomic E-state index is 0.112. The number of piperazine rings is 1. The Morgan fingerprint density at radius 2 is 1.72 bits per heavy atom. The van der Waals surface area contributed by atoms with Gasteiger partial charge < -0.3 is 19.4 Å². The lowest BCUT2D eigenvalue weighted by Crippen LogP contribution is -2.50. The first-order valence-corrected chi connectivity index (χ1v) is 13.6. The molecule has 1 aromatic carbocycles. The molecule has 3 aromatic rings. The third-order valence-electron chi connectivity index (χ3n) is 6.49. The van der Waals surface area contributed by atoms with E-state index in [-0.39, 0.29) is 15.9 Å². The van der Waals surface area contributed by atoms with Crippen molar-refractivity contribution in [2.45, 2.75) is 49.1 Å². The molecule has 0 bridgehead atoms. The fraction of sp³-hybridized carbons (Fsp3) is 0.480. The van der Waals surface area contributed by atoms with Gasteiger partial charge in [0.25, 0.3) is 0 Å². The van der Waals surface area contributed by atoms with Crippen molar-refractivity contribution in [3.63, 3.8) is 0 Å². The van der Waals surface area contributed by atoms with Crippen molar-refractivity contribution in [1.82, 2.24) is 24.4 Å². The highest BCUT2D eigenvalue weighted by atomic mass is 32.2. The Bertz CT molecular complexity index is 1390. The van der Waals surface area contributed by atoms with Crippen LogP contribution in [0.15, 0.2) is 46.3 Å². The third kappa shape index (κ3) is 4.53. The number of benzene rings is 1. The second-order valence-corrected chi connectivity index (χ2v) is 12.3. The average molecular weight is 513 g/mol. The molecule has 0 atom stereocenters. The van der Waals surface area contributed by atoms with Crippen LogP contribution in [0.2, 0.25) is 0 Å². The highest BCUT2D eigenvalue weighted by Crippen LogP contribution is 2.35. The molecule has 2 aliphatic heterocycles. The number of sulfone groups is 1. The van der Waals surface area contributed by atoms with Crippen LogP contribution in [-0.2, 0) is 27.5 Å². The molecule has 0 spiro atoms. The number of hydrogen-bond donors (Lipinski definition) is 0. The van der Waals surface area contributed by atoms with Gasteiger partial charge in [-0.05, 0) is 40.0 Å². The van der Waals surface area contributed by atoms with Crippen LogP contribution in [0.3, 0.4) is 0 Å². The van der Waals surface area contributed by atoms with Crippen LogP contribution in [0, 0.1) is 0 Å². The minimum atomic E-state index is -3.90. The molecule has 11 heteroatoms. The minimum Gasteiger partial charge on any atom is -0.444 e. The summed E-state index contributed by atoms with van der Waals surface area (Å²) in [7, 11) is -1.84. The van der Waals surface area contributed by atoms with Crippen molar-refractivity contribution in [2.75, 3.05) is 44.7 Å². The number of fused-ring (bicyclic) bond motifs is 3. The van der Waals surface area contributed by atoms with Crippen LogP contribution in [-0.4, -0.2) is 84.3 Å². The Kier molecular flexibility index (Phi) is 6.16. The Balaban J connectivity index is 1.56. The lowest BCUT2D eigenvalue weighted by Gasteiger charge is -2.35. The molecular formula is C25H32N6O4S. The fourth-order valence-electron chi connectivity index (χ4n) is 4.69. The summed E-state index contributed by atoms with van der Waals surface area (Å²) in [5, 5.41) is 4.84. The fourth-order valence-corrected chi connectivity index (χ4v) is 6.23. The molecule has 4 heterocycles. The number of ether oxygens (including phenoxy) is 1. The molecule has 1 amide bonds. The summed E-state index contributed by atoms with van der Waals surface area (Å²) < 4.78 is 35.0. The number of carbonyl (C=O) groups excluding carboxylic acids is 1. The second kappa shape index (κ2) is 9.04. The largest absolute Gasteiger partial charge is 0.444 e. The lowest BCUT2D eigenvalue weighted by molar-refractivity contribution is 0.0240. The van der Waals surface area contributed by atoms with Gasteiger partial charge in [0.2, 0.25) is 9.84 Å². The molecular weight excluding hydrogens is 480 g/mol. The van der Waals surface area contributed by atoms with Crippen molar-refractivity contribution in [3.8, 4) is 0 Å². The van der Waals surface area contributed by atoms with E-state index in [2.05, 4.69) is 16.9 Å². The summed E-state index contributed by atoms with van der Waals surface area (Å²) in [4.78, 5) is 23.3. The topological polar surface area (TPSA) is 100 Å². The first-order chi connectivity index (χ1) is 17.0. The molecule has 0 unspecified atom stereocenters. The van der Waals surface area contributed by atoms with E-state index in [1.807, 2.05) is 25.7 Å². The smallest absolute Gasteiger partial charge is 0.410 e. The number of hydrogen-bond acceptors (Lipinski definition) is 8. The van der Waals surface area contributed by atoms with E-state index in [0.29, 0.717) is 37.6 Å². The zero-order chi connectivity index (χ0) is 25.7. The highest BCUT2D eigenvalue weighted by Gasteiger charge is 2.35. The molecule has 1 saturated heterocycles. The standard InChI is InChI=1S/C25H32N6O4S/c1-25(2,3)35-24(32)30-14-12-29(13-15-30)23-21(36(33,34)19-8-6-5-7-9-19)22-26-16-18-17-28(4)11-10-20(18)31(22)27-23/h5-9,16H,10-15,17H2,1-4H3. The van der Waals surface area contributed by atoms with E-state index in [4.69, 9.17) is 9.84 Å². The van der Waals surface area contributed by atoms with Gasteiger partial charge in [-0.3, -0.25) is 0 Å². The zero-order valence-corrected chi connectivity index (χ0v) is 22.0. The summed E-state index contributed by atoms with van der Waals surface area (Å²) in [5.74, 6) is 0.377. The Hall–Kier alpha value is -3.18. The normalized spacial score (nSPS) is 17.3. The van der Waals surface area contributed by atoms with Crippen molar-refractivity contribution >= 4 is 27.4 Å². The number of aromatic nitrogens is 3. The highest BCUT2D eigenvalue weighted by molar-refractivity contribution is 7.91. The average Bonchev–Trinajstić information content (AvgIpc) is 3.24. The maximum Gasteiger partial charge on any atom is 0.410 e. The van der Waals surface area contributed by atoms with E-state index in [1.54, 1.807) is 45.9 Å². The predicted octanol–water partition coefficient (Wildman–Crippen LogP) is 2.61. The van der Waals surface area contributed by atoms with Crippen LogP contribution in [0.25, 0.3) is 5.65 Å². The lowest BCUT2D eigenvalue weighted by atomic mass is 10.1. The SMILES string of the molecule is CN1CCc2c(cnc3c(S(=O)(=O)c4ccccc4)c(N4CCN(C(=O)OC(C)(C)C)CC4)nn23)C1. The molecule has 0 N–H and O–H groups in total. The monoisotopic (exact) mass is 512 g/mol. The summed E-state index contributed by atoms with van der Waals surface area (Å²) in [5.41, 5.74) is 1.79. The van der Waals surface area contributed by atoms with Crippen molar-refractivity contribution < 1.29 is 17.9 Å². The molecule has 192 valence electrons. The van der Waals surface area contributed by atoms with Gasteiger partial charge in [-0.25, -0.2) is 22.7 Å². The van der Waals surface area contributed by atoms with Gasteiger partial charge in [0.05, 0.1) is 10.6 Å². The van der Waals surface area contributed by atoms with Crippen LogP contribution < -0.4 is 4.90 Å². The molecule has 36 heavy (non-hydrogen) atoms. The molecule has 5 rings (SSSR count). The van der Waals surface area contributed by atoms with Gasteiger partial charge in [0.1, 0.15) is 5.60 Å². The molecule has 10 nitrogen and oxygen atoms in total. The number of rotatable bonds is 3. The first kappa shape index (κ1) is 24.5. The van der Waals surface area contributed by atoms with Gasteiger partial charge in [0, 0.05) is 57.4 Å². The van der Waals surface area contributed by atoms with Crippen molar-refractivity contribution in [2.24, 2.45) is 0 Å². The molecule has 0 aliphatic carbocycles. The van der Waals surface area contributed by atoms with Crippen molar-refractivity contribution in [3.05, 3.63) is 47.8 Å². The number of anilines is 1. The maximum absolute atomic E-state index is 13.9. The summed E-state index contributed by atoms with van der Waals surface area (Å²) >= 11 is 0. The van der Waals surface area contributed by atoms with Crippen LogP contribution in [0.1, 0.15) is 32.0 Å². The van der Waals surface area contributed by atoms with E-state index in [9.17, 15) is 13.2 Å². The Morgan fingerprint density at radius 1 is 1.03 bits per heavy atom. The molecule has 0 saturated carbocycles. The molecule has 2 aromatic heterocycles. The van der Waals surface area contributed by atoms with E-state index in [1.165, 1.54) is 0 Å². The van der Waals surface area contributed by atoms with Crippen molar-refractivity contribution in [1.29, 1.82) is 0 Å². The molecule has 0 radical (unpaired) electrons. The first-order valence-electron chi connectivity index (χ1n) is 12.2. The van der Waals surface area contributed by atoms with E-state index >= 15 is 0 Å². The quantitative estimate of drug-likeness (QED) is 0.528. The zero-order valence-electron chi connectivity index (χ0n) is 21.1. The van der Waals surface area contributed by atoms with Crippen LogP contribution in [0.4, 0.5) is 10.6 Å². The predicted molar refractivity (Wildman–Crippen MR) is 135 cm³/mol. The van der Waals surface area contributed by atoms with Gasteiger partial charge >= 0.3 is 6.09 Å². The summed E-state index contributed by atoms with van der Waals surface area (Å²) in [6.45, 7) is 8.79. The number of carbonyl (C=O) groups is 1. The maximum atomic E-state index is 13.9. The van der Waals surface area contributed by atoms with E-state index < -0.39 is 15.4 Å².